The molecule has 0 aliphatic rings. The molecule has 2 aromatic heterocycles. The quantitative estimate of drug-likeness (QED) is 0.770. The number of hydrogen-bond acceptors (Lipinski definition) is 4. The van der Waals surface area contributed by atoms with Crippen LogP contribution >= 0.6 is 11.3 Å². The minimum Gasteiger partial charge on any atom is -0.476 e. The number of nitrogens with zero attached hydrogens (tertiary/aromatic N) is 3. The molecule has 2 heterocycles. The van der Waals surface area contributed by atoms with E-state index in [1.54, 1.807) is 18.2 Å². The number of hydrogen-bond donors (Lipinski definition) is 1. The minimum atomic E-state index is -1.11. The molecule has 0 unspecified atom stereocenters. The van der Waals surface area contributed by atoms with E-state index in [1.165, 1.54) is 16.8 Å². The first-order valence-corrected chi connectivity index (χ1v) is 5.81. The second kappa shape index (κ2) is 3.88. The van der Waals surface area contributed by atoms with Gasteiger partial charge in [-0.05, 0) is 12.1 Å². The maximum atomic E-state index is 13.6. The first-order valence-electron chi connectivity index (χ1n) is 4.99. The van der Waals surface area contributed by atoms with Crippen LogP contribution in [0, 0.1) is 5.82 Å². The van der Waals surface area contributed by atoms with Crippen LogP contribution in [0.2, 0.25) is 0 Å². The van der Waals surface area contributed by atoms with Gasteiger partial charge in [0.15, 0.2) is 10.7 Å². The van der Waals surface area contributed by atoms with Crippen molar-refractivity contribution in [1.29, 1.82) is 0 Å². The highest BCUT2D eigenvalue weighted by atomic mass is 32.1. The molecular weight excluding hydrogens is 257 g/mol. The van der Waals surface area contributed by atoms with Crippen LogP contribution in [0.25, 0.3) is 15.5 Å². The zero-order chi connectivity index (χ0) is 12.7. The highest BCUT2D eigenvalue weighted by Crippen LogP contribution is 2.27. The highest BCUT2D eigenvalue weighted by molar-refractivity contribution is 7.19. The SMILES string of the molecule is O=C(O)c1cn2nc(-c3ccccc3F)sc2n1. The largest absolute Gasteiger partial charge is 0.476 e. The van der Waals surface area contributed by atoms with Crippen molar-refractivity contribution in [2.75, 3.05) is 0 Å². The predicted octanol–water partition coefficient (Wildman–Crippen LogP) is 2.30. The van der Waals surface area contributed by atoms with E-state index in [0.29, 0.717) is 15.5 Å². The van der Waals surface area contributed by atoms with Crippen LogP contribution in [0.1, 0.15) is 10.5 Å². The summed E-state index contributed by atoms with van der Waals surface area (Å²) in [6.07, 6.45) is 1.30. The Labute approximate surface area is 104 Å². The molecule has 1 N–H and O–H groups in total. The van der Waals surface area contributed by atoms with Gasteiger partial charge in [-0.15, -0.1) is 0 Å². The molecule has 0 saturated heterocycles. The second-order valence-electron chi connectivity index (χ2n) is 3.55. The maximum absolute atomic E-state index is 13.6. The summed E-state index contributed by atoms with van der Waals surface area (Å²) < 4.78 is 14.9. The van der Waals surface area contributed by atoms with Gasteiger partial charge in [0, 0.05) is 5.56 Å². The van der Waals surface area contributed by atoms with Gasteiger partial charge in [-0.2, -0.15) is 5.10 Å². The average Bonchev–Trinajstić information content (AvgIpc) is 2.87. The normalized spacial score (nSPS) is 10.9. The monoisotopic (exact) mass is 263 g/mol. The Morgan fingerprint density at radius 2 is 2.17 bits per heavy atom. The van der Waals surface area contributed by atoms with E-state index in [-0.39, 0.29) is 11.5 Å². The summed E-state index contributed by atoms with van der Waals surface area (Å²) in [4.78, 5) is 15.0. The number of aromatic nitrogens is 3. The number of halogens is 1. The number of carboxylic acid groups (broad SMARTS) is 1. The molecule has 0 spiro atoms. The fourth-order valence-corrected chi connectivity index (χ4v) is 2.45. The lowest BCUT2D eigenvalue weighted by Crippen LogP contribution is -1.95. The summed E-state index contributed by atoms with van der Waals surface area (Å²) in [6.45, 7) is 0. The van der Waals surface area contributed by atoms with Crippen LogP contribution in [0.3, 0.4) is 0 Å². The van der Waals surface area contributed by atoms with Crippen molar-refractivity contribution in [2.45, 2.75) is 0 Å². The van der Waals surface area contributed by atoms with Crippen LogP contribution in [0.15, 0.2) is 30.5 Å². The van der Waals surface area contributed by atoms with Crippen molar-refractivity contribution in [3.63, 3.8) is 0 Å². The van der Waals surface area contributed by atoms with Gasteiger partial charge in [0.2, 0.25) is 4.96 Å². The summed E-state index contributed by atoms with van der Waals surface area (Å²) >= 11 is 1.14. The number of carboxylic acids is 1. The molecule has 0 saturated carbocycles. The predicted molar refractivity (Wildman–Crippen MR) is 63.2 cm³/mol. The standard InChI is InChI=1S/C11H6FN3O2S/c12-7-4-2-1-3-6(7)9-14-15-5-8(10(16)17)13-11(15)18-9/h1-5H,(H,16,17). The second-order valence-corrected chi connectivity index (χ2v) is 4.50. The van der Waals surface area contributed by atoms with Crippen LogP contribution in [0.5, 0.6) is 0 Å². The van der Waals surface area contributed by atoms with Gasteiger partial charge in [0.25, 0.3) is 0 Å². The number of aromatic carboxylic acids is 1. The molecule has 0 fully saturated rings. The molecule has 0 bridgehead atoms. The number of rotatable bonds is 2. The van der Waals surface area contributed by atoms with Crippen LogP contribution in [0.4, 0.5) is 4.39 Å². The molecule has 3 aromatic rings. The van der Waals surface area contributed by atoms with Crippen LogP contribution in [-0.2, 0) is 0 Å². The number of benzene rings is 1. The number of fused-ring (bicyclic) bond motifs is 1. The van der Waals surface area contributed by atoms with Gasteiger partial charge in [-0.3, -0.25) is 0 Å². The molecule has 18 heavy (non-hydrogen) atoms. The lowest BCUT2D eigenvalue weighted by molar-refractivity contribution is 0.0691. The van der Waals surface area contributed by atoms with Crippen molar-refractivity contribution in [1.82, 2.24) is 14.6 Å². The molecule has 0 atom stereocenters. The summed E-state index contributed by atoms with van der Waals surface area (Å²) in [5.41, 5.74) is 0.304. The Morgan fingerprint density at radius 1 is 1.39 bits per heavy atom. The third-order valence-electron chi connectivity index (χ3n) is 2.37. The van der Waals surface area contributed by atoms with Crippen molar-refractivity contribution in [3.8, 4) is 10.6 Å². The van der Waals surface area contributed by atoms with Gasteiger partial charge in [0.1, 0.15) is 5.82 Å². The first-order chi connectivity index (χ1) is 8.65. The van der Waals surface area contributed by atoms with Crippen molar-refractivity contribution in [2.24, 2.45) is 0 Å². The summed E-state index contributed by atoms with van der Waals surface area (Å²) in [6, 6.07) is 6.28. The molecule has 0 aliphatic heterocycles. The smallest absolute Gasteiger partial charge is 0.356 e. The van der Waals surface area contributed by atoms with Gasteiger partial charge < -0.3 is 5.11 Å². The third-order valence-corrected chi connectivity index (χ3v) is 3.32. The van der Waals surface area contributed by atoms with Gasteiger partial charge in [-0.25, -0.2) is 18.7 Å². The highest BCUT2D eigenvalue weighted by Gasteiger charge is 2.15. The Morgan fingerprint density at radius 3 is 2.83 bits per heavy atom. The van der Waals surface area contributed by atoms with E-state index in [9.17, 15) is 9.18 Å². The van der Waals surface area contributed by atoms with E-state index in [2.05, 4.69) is 10.1 Å². The van der Waals surface area contributed by atoms with Crippen LogP contribution < -0.4 is 0 Å². The Bertz CT molecular complexity index is 718. The maximum Gasteiger partial charge on any atom is 0.356 e. The molecule has 0 amide bonds. The fraction of sp³-hybridized carbons (Fsp3) is 0. The van der Waals surface area contributed by atoms with Gasteiger partial charge >= 0.3 is 5.97 Å². The van der Waals surface area contributed by atoms with Crippen molar-refractivity contribution in [3.05, 3.63) is 42.0 Å². The van der Waals surface area contributed by atoms with E-state index in [1.807, 2.05) is 0 Å². The molecule has 3 rings (SSSR count). The van der Waals surface area contributed by atoms with Crippen LogP contribution in [-0.4, -0.2) is 25.7 Å². The van der Waals surface area contributed by atoms with E-state index >= 15 is 0 Å². The average molecular weight is 263 g/mol. The Hall–Kier alpha value is -2.28. The molecule has 7 heteroatoms. The summed E-state index contributed by atoms with van der Waals surface area (Å²) in [5, 5.41) is 13.4. The fourth-order valence-electron chi connectivity index (χ4n) is 1.55. The lowest BCUT2D eigenvalue weighted by atomic mass is 10.2. The molecule has 5 nitrogen and oxygen atoms in total. The number of imidazole rings is 1. The molecule has 0 aliphatic carbocycles. The molecule has 90 valence electrons. The molecule has 1 aromatic carbocycles. The van der Waals surface area contributed by atoms with Crippen molar-refractivity contribution >= 4 is 22.3 Å². The Balaban J connectivity index is 2.12. The van der Waals surface area contributed by atoms with Gasteiger partial charge in [-0.1, -0.05) is 23.5 Å². The van der Waals surface area contributed by atoms with Crippen molar-refractivity contribution < 1.29 is 14.3 Å². The zero-order valence-corrected chi connectivity index (χ0v) is 9.69. The molecular formula is C11H6FN3O2S. The third kappa shape index (κ3) is 1.65. The summed E-state index contributed by atoms with van der Waals surface area (Å²) in [5.74, 6) is -1.48. The minimum absolute atomic E-state index is 0.0752. The van der Waals surface area contributed by atoms with E-state index < -0.39 is 5.97 Å². The topological polar surface area (TPSA) is 67.5 Å². The Kier molecular flexibility index (Phi) is 2.34. The first kappa shape index (κ1) is 10.8. The zero-order valence-electron chi connectivity index (χ0n) is 8.87. The number of carbonyl (C=O) groups is 1. The van der Waals surface area contributed by atoms with E-state index in [0.717, 1.165) is 11.3 Å². The van der Waals surface area contributed by atoms with Gasteiger partial charge in [0.05, 0.1) is 6.20 Å². The molecule has 0 radical (unpaired) electrons. The lowest BCUT2D eigenvalue weighted by Gasteiger charge is -1.95. The summed E-state index contributed by atoms with van der Waals surface area (Å²) in [7, 11) is 0. The van der Waals surface area contributed by atoms with E-state index in [4.69, 9.17) is 5.11 Å².